The van der Waals surface area contributed by atoms with Crippen LogP contribution in [-0.4, -0.2) is 29.8 Å². The third-order valence-corrected chi connectivity index (χ3v) is 3.46. The second-order valence-corrected chi connectivity index (χ2v) is 5.02. The van der Waals surface area contributed by atoms with Gasteiger partial charge in [0, 0.05) is 12.4 Å². The maximum absolute atomic E-state index is 11.1. The van der Waals surface area contributed by atoms with Gasteiger partial charge in [0.15, 0.2) is 6.61 Å². The summed E-state index contributed by atoms with van der Waals surface area (Å²) >= 11 is 0. The summed E-state index contributed by atoms with van der Waals surface area (Å²) in [6.07, 6.45) is 3.96. The number of amides is 1. The summed E-state index contributed by atoms with van der Waals surface area (Å²) in [6.45, 7) is 0.0188. The Morgan fingerprint density at radius 2 is 1.96 bits per heavy atom. The third kappa shape index (κ3) is 3.58. The van der Waals surface area contributed by atoms with E-state index in [-0.39, 0.29) is 12.5 Å². The smallest absolute Gasteiger partial charge is 0.257 e. The Kier molecular flexibility index (Phi) is 4.38. The van der Waals surface area contributed by atoms with E-state index >= 15 is 0 Å². The van der Waals surface area contributed by atoms with Crippen LogP contribution in [0.5, 0.6) is 5.75 Å². The molecule has 3 aromatic rings. The first-order chi connectivity index (χ1) is 11.3. The van der Waals surface area contributed by atoms with Crippen molar-refractivity contribution < 1.29 is 9.53 Å². The number of rotatable bonds is 5. The molecule has 116 valence electrons. The molecule has 0 atom stereocenters. The lowest BCUT2D eigenvalue weighted by Crippen LogP contribution is -2.24. The molecule has 0 unspecified atom stereocenters. The predicted octanol–water partition coefficient (Wildman–Crippen LogP) is 2.86. The van der Waals surface area contributed by atoms with Crippen molar-refractivity contribution in [2.45, 2.75) is 0 Å². The molecule has 1 aromatic heterocycles. The number of aromatic nitrogens is 2. The quantitative estimate of drug-likeness (QED) is 0.761. The van der Waals surface area contributed by atoms with Crippen molar-refractivity contribution in [3.63, 3.8) is 0 Å². The van der Waals surface area contributed by atoms with E-state index in [1.165, 1.54) is 0 Å². The maximum Gasteiger partial charge on any atom is 0.257 e. The van der Waals surface area contributed by atoms with Gasteiger partial charge in [0.25, 0.3) is 5.91 Å². The second-order valence-electron chi connectivity index (χ2n) is 5.02. The molecule has 0 radical (unpaired) electrons. The zero-order valence-electron chi connectivity index (χ0n) is 12.7. The second kappa shape index (κ2) is 6.79. The van der Waals surface area contributed by atoms with Gasteiger partial charge in [-0.1, -0.05) is 36.4 Å². The van der Waals surface area contributed by atoms with Crippen LogP contribution in [0, 0.1) is 0 Å². The lowest BCUT2D eigenvalue weighted by atomic mass is 10.1. The first-order valence-corrected chi connectivity index (χ1v) is 7.31. The molecule has 1 heterocycles. The molecular weight excluding hydrogens is 290 g/mol. The number of carbonyl (C=O) groups excluding carboxylic acids is 1. The average molecular weight is 307 g/mol. The Morgan fingerprint density at radius 1 is 1.17 bits per heavy atom. The fourth-order valence-electron chi connectivity index (χ4n) is 2.18. The minimum atomic E-state index is -0.153. The van der Waals surface area contributed by atoms with Crippen molar-refractivity contribution in [3.8, 4) is 5.75 Å². The maximum atomic E-state index is 11.1. The number of likely N-dealkylation sites (N-methyl/N-ethyl adjacent to an activating group) is 1. The fourth-order valence-corrected chi connectivity index (χ4v) is 2.18. The molecule has 2 N–H and O–H groups in total. The molecule has 0 spiro atoms. The third-order valence-electron chi connectivity index (χ3n) is 3.46. The minimum Gasteiger partial charge on any atom is -0.484 e. The summed E-state index contributed by atoms with van der Waals surface area (Å²) in [6, 6.07) is 15.6. The Morgan fingerprint density at radius 3 is 2.74 bits per heavy atom. The monoisotopic (exact) mass is 307 g/mol. The van der Waals surface area contributed by atoms with Crippen molar-refractivity contribution in [2.24, 2.45) is 0 Å². The summed E-state index contributed by atoms with van der Waals surface area (Å²) in [5, 5.41) is 10.9. The highest BCUT2D eigenvalue weighted by Crippen LogP contribution is 2.18. The summed E-state index contributed by atoms with van der Waals surface area (Å²) in [7, 11) is 1.58. The van der Waals surface area contributed by atoms with Crippen LogP contribution in [0.25, 0.3) is 23.1 Å². The van der Waals surface area contributed by atoms with Crippen LogP contribution in [0.15, 0.2) is 48.5 Å². The number of fused-ring (bicyclic) bond motifs is 1. The summed E-state index contributed by atoms with van der Waals surface area (Å²) in [5.41, 5.74) is 2.95. The summed E-state index contributed by atoms with van der Waals surface area (Å²) < 4.78 is 5.37. The normalized spacial score (nSPS) is 11.0. The zero-order valence-corrected chi connectivity index (χ0v) is 12.7. The summed E-state index contributed by atoms with van der Waals surface area (Å²) in [5.74, 6) is 0.510. The molecule has 0 aliphatic rings. The van der Waals surface area contributed by atoms with E-state index in [1.54, 1.807) is 7.05 Å². The Hall–Kier alpha value is -3.08. The number of aromatic amines is 1. The zero-order chi connectivity index (χ0) is 16.1. The van der Waals surface area contributed by atoms with Gasteiger partial charge in [-0.2, -0.15) is 5.10 Å². The Labute approximate surface area is 134 Å². The highest BCUT2D eigenvalue weighted by Gasteiger charge is 2.01. The molecule has 0 aliphatic carbocycles. The van der Waals surface area contributed by atoms with Crippen LogP contribution < -0.4 is 10.1 Å². The molecule has 23 heavy (non-hydrogen) atoms. The molecule has 3 rings (SSSR count). The molecular formula is C18H17N3O2. The number of H-pyrrole nitrogens is 1. The number of nitrogens with zero attached hydrogens (tertiary/aromatic N) is 1. The van der Waals surface area contributed by atoms with Crippen molar-refractivity contribution in [2.75, 3.05) is 13.7 Å². The minimum absolute atomic E-state index is 0.0188. The number of hydrogen-bond acceptors (Lipinski definition) is 3. The number of benzene rings is 2. The molecule has 0 fully saturated rings. The standard InChI is InChI=1S/C18H17N3O2/c1-19-18(22)12-23-14-9-6-13(7-10-14)8-11-17-15-4-2-3-5-16(15)20-21-17/h2-11H,12H2,1H3,(H,19,22)(H,20,21). The van der Waals surface area contributed by atoms with Crippen LogP contribution in [0.3, 0.4) is 0 Å². The van der Waals surface area contributed by atoms with Crippen molar-refractivity contribution in [1.29, 1.82) is 0 Å². The van der Waals surface area contributed by atoms with E-state index in [0.29, 0.717) is 5.75 Å². The van der Waals surface area contributed by atoms with Gasteiger partial charge in [-0.25, -0.2) is 0 Å². The first kappa shape index (κ1) is 14.8. The largest absolute Gasteiger partial charge is 0.484 e. The number of carbonyl (C=O) groups is 1. The van der Waals surface area contributed by atoms with Crippen molar-refractivity contribution in [1.82, 2.24) is 15.5 Å². The predicted molar refractivity (Wildman–Crippen MR) is 91.0 cm³/mol. The van der Waals surface area contributed by atoms with Crippen molar-refractivity contribution >= 4 is 29.0 Å². The van der Waals surface area contributed by atoms with Gasteiger partial charge >= 0.3 is 0 Å². The SMILES string of the molecule is CNC(=O)COc1ccc(C=Cc2n[nH]c3ccccc23)cc1. The van der Waals surface area contributed by atoms with E-state index in [1.807, 2.05) is 60.7 Å². The van der Waals surface area contributed by atoms with Gasteiger partial charge in [0.05, 0.1) is 11.2 Å². The van der Waals surface area contributed by atoms with E-state index in [9.17, 15) is 4.79 Å². The molecule has 5 heteroatoms. The van der Waals surface area contributed by atoms with E-state index < -0.39 is 0 Å². The number of nitrogens with one attached hydrogen (secondary N) is 2. The molecule has 2 aromatic carbocycles. The van der Waals surface area contributed by atoms with Crippen molar-refractivity contribution in [3.05, 3.63) is 59.8 Å². The van der Waals surface area contributed by atoms with Gasteiger partial charge < -0.3 is 10.1 Å². The van der Waals surface area contributed by atoms with Crippen LogP contribution >= 0.6 is 0 Å². The van der Waals surface area contributed by atoms with Crippen LogP contribution in [0.1, 0.15) is 11.3 Å². The van der Waals surface area contributed by atoms with Crippen LogP contribution in [-0.2, 0) is 4.79 Å². The number of hydrogen-bond donors (Lipinski definition) is 2. The molecule has 5 nitrogen and oxygen atoms in total. The molecule has 0 saturated carbocycles. The van der Waals surface area contributed by atoms with Gasteiger partial charge in [0.1, 0.15) is 5.75 Å². The lowest BCUT2D eigenvalue weighted by Gasteiger charge is -2.04. The first-order valence-electron chi connectivity index (χ1n) is 7.31. The average Bonchev–Trinajstić information content (AvgIpc) is 3.02. The van der Waals surface area contributed by atoms with Gasteiger partial charge in [-0.3, -0.25) is 9.89 Å². The van der Waals surface area contributed by atoms with Gasteiger partial charge in [-0.05, 0) is 29.8 Å². The molecule has 1 amide bonds. The summed E-state index contributed by atoms with van der Waals surface area (Å²) in [4.78, 5) is 11.1. The lowest BCUT2D eigenvalue weighted by molar-refractivity contribution is -0.122. The Bertz CT molecular complexity index is 835. The molecule has 0 aliphatic heterocycles. The molecule has 0 saturated heterocycles. The van der Waals surface area contributed by atoms with E-state index in [2.05, 4.69) is 15.5 Å². The topological polar surface area (TPSA) is 67.0 Å². The van der Waals surface area contributed by atoms with E-state index in [4.69, 9.17) is 4.74 Å². The van der Waals surface area contributed by atoms with Crippen LogP contribution in [0.4, 0.5) is 0 Å². The Balaban J connectivity index is 1.69. The number of ether oxygens (including phenoxy) is 1. The highest BCUT2D eigenvalue weighted by atomic mass is 16.5. The van der Waals surface area contributed by atoms with Crippen LogP contribution in [0.2, 0.25) is 0 Å². The molecule has 0 bridgehead atoms. The highest BCUT2D eigenvalue weighted by molar-refractivity contribution is 5.89. The van der Waals surface area contributed by atoms with Gasteiger partial charge in [-0.15, -0.1) is 0 Å². The van der Waals surface area contributed by atoms with Gasteiger partial charge in [0.2, 0.25) is 0 Å². The van der Waals surface area contributed by atoms with E-state index in [0.717, 1.165) is 22.2 Å². The fraction of sp³-hybridized carbons (Fsp3) is 0.111. The number of para-hydroxylation sites is 1.